The van der Waals surface area contributed by atoms with Gasteiger partial charge in [0, 0.05) is 19.6 Å². The molecule has 3 heteroatoms. The third kappa shape index (κ3) is 4.08. The Balaban J connectivity index is 1.89. The van der Waals surface area contributed by atoms with Crippen LogP contribution in [0.5, 0.6) is 5.75 Å². The van der Waals surface area contributed by atoms with Gasteiger partial charge in [-0.2, -0.15) is 0 Å². The smallest absolute Gasteiger partial charge is 0.125 e. The predicted octanol–water partition coefficient (Wildman–Crippen LogP) is 2.43. The number of rotatable bonds is 6. The zero-order valence-corrected chi connectivity index (χ0v) is 11.7. The fourth-order valence-corrected chi connectivity index (χ4v) is 2.34. The number of benzene rings is 1. The SMILES string of the molecule is C=CCc1cccc(C)c1OCCN1CCOCC1. The summed E-state index contributed by atoms with van der Waals surface area (Å²) >= 11 is 0. The van der Waals surface area contributed by atoms with Gasteiger partial charge in [0.15, 0.2) is 0 Å². The van der Waals surface area contributed by atoms with E-state index >= 15 is 0 Å². The second kappa shape index (κ2) is 7.31. The standard InChI is InChI=1S/C16H23NO2/c1-3-5-15-7-4-6-14(2)16(15)19-13-10-17-8-11-18-12-9-17/h3-4,6-7H,1,5,8-13H2,2H3. The summed E-state index contributed by atoms with van der Waals surface area (Å²) in [6.07, 6.45) is 2.78. The lowest BCUT2D eigenvalue weighted by Gasteiger charge is -2.26. The number of hydrogen-bond donors (Lipinski definition) is 0. The highest BCUT2D eigenvalue weighted by Gasteiger charge is 2.11. The molecule has 1 heterocycles. The minimum Gasteiger partial charge on any atom is -0.492 e. The fourth-order valence-electron chi connectivity index (χ4n) is 2.34. The van der Waals surface area contributed by atoms with Crippen LogP contribution in [0, 0.1) is 6.92 Å². The molecule has 0 spiro atoms. The Labute approximate surface area is 115 Å². The van der Waals surface area contributed by atoms with Gasteiger partial charge in [0.05, 0.1) is 13.2 Å². The van der Waals surface area contributed by atoms with E-state index in [2.05, 4.69) is 36.6 Å². The molecule has 19 heavy (non-hydrogen) atoms. The van der Waals surface area contributed by atoms with Crippen molar-refractivity contribution in [1.29, 1.82) is 0 Å². The van der Waals surface area contributed by atoms with Gasteiger partial charge in [-0.05, 0) is 24.5 Å². The van der Waals surface area contributed by atoms with Crippen LogP contribution in [0.15, 0.2) is 30.9 Å². The van der Waals surface area contributed by atoms with Crippen molar-refractivity contribution in [3.05, 3.63) is 42.0 Å². The monoisotopic (exact) mass is 261 g/mol. The first-order valence-corrected chi connectivity index (χ1v) is 6.93. The van der Waals surface area contributed by atoms with Crippen LogP contribution in [-0.4, -0.2) is 44.4 Å². The average molecular weight is 261 g/mol. The molecule has 0 aliphatic carbocycles. The highest BCUT2D eigenvalue weighted by Crippen LogP contribution is 2.24. The van der Waals surface area contributed by atoms with Crippen molar-refractivity contribution in [1.82, 2.24) is 4.90 Å². The van der Waals surface area contributed by atoms with Gasteiger partial charge >= 0.3 is 0 Å². The van der Waals surface area contributed by atoms with Crippen molar-refractivity contribution < 1.29 is 9.47 Å². The Bertz CT molecular complexity index is 411. The highest BCUT2D eigenvalue weighted by molar-refractivity contribution is 5.41. The second-order valence-corrected chi connectivity index (χ2v) is 4.86. The minimum absolute atomic E-state index is 0.731. The molecule has 0 amide bonds. The molecule has 1 saturated heterocycles. The summed E-state index contributed by atoms with van der Waals surface area (Å²) in [5, 5.41) is 0. The molecule has 2 rings (SSSR count). The van der Waals surface area contributed by atoms with E-state index in [4.69, 9.17) is 9.47 Å². The van der Waals surface area contributed by atoms with Crippen LogP contribution in [0.4, 0.5) is 0 Å². The number of ether oxygens (including phenoxy) is 2. The van der Waals surface area contributed by atoms with Crippen molar-refractivity contribution >= 4 is 0 Å². The van der Waals surface area contributed by atoms with E-state index in [9.17, 15) is 0 Å². The molecule has 0 atom stereocenters. The lowest BCUT2D eigenvalue weighted by atomic mass is 10.1. The fraction of sp³-hybridized carbons (Fsp3) is 0.500. The van der Waals surface area contributed by atoms with Gasteiger partial charge in [0.1, 0.15) is 12.4 Å². The molecule has 104 valence electrons. The van der Waals surface area contributed by atoms with Crippen molar-refractivity contribution in [2.75, 3.05) is 39.5 Å². The van der Waals surface area contributed by atoms with Crippen molar-refractivity contribution in [2.24, 2.45) is 0 Å². The summed E-state index contributed by atoms with van der Waals surface area (Å²) in [7, 11) is 0. The first-order valence-electron chi connectivity index (χ1n) is 6.93. The van der Waals surface area contributed by atoms with Gasteiger partial charge in [-0.1, -0.05) is 24.3 Å². The highest BCUT2D eigenvalue weighted by atomic mass is 16.5. The van der Waals surface area contributed by atoms with E-state index in [0.29, 0.717) is 0 Å². The number of morpholine rings is 1. The molecular formula is C16H23NO2. The van der Waals surface area contributed by atoms with E-state index < -0.39 is 0 Å². The summed E-state index contributed by atoms with van der Waals surface area (Å²) in [6.45, 7) is 11.3. The maximum atomic E-state index is 5.99. The maximum absolute atomic E-state index is 5.99. The normalized spacial score (nSPS) is 16.3. The molecule has 0 unspecified atom stereocenters. The Morgan fingerprint density at radius 3 is 2.89 bits per heavy atom. The van der Waals surface area contributed by atoms with Crippen LogP contribution in [0.2, 0.25) is 0 Å². The van der Waals surface area contributed by atoms with Crippen molar-refractivity contribution in [3.8, 4) is 5.75 Å². The van der Waals surface area contributed by atoms with Crippen molar-refractivity contribution in [2.45, 2.75) is 13.3 Å². The van der Waals surface area contributed by atoms with E-state index in [-0.39, 0.29) is 0 Å². The quantitative estimate of drug-likeness (QED) is 0.734. The molecule has 1 aromatic rings. The third-order valence-corrected chi connectivity index (χ3v) is 3.42. The summed E-state index contributed by atoms with van der Waals surface area (Å²) in [5.41, 5.74) is 2.42. The Morgan fingerprint density at radius 2 is 2.16 bits per heavy atom. The molecule has 0 aromatic heterocycles. The number of para-hydroxylation sites is 1. The summed E-state index contributed by atoms with van der Waals surface area (Å²) in [5.74, 6) is 1.02. The van der Waals surface area contributed by atoms with Gasteiger partial charge in [-0.15, -0.1) is 6.58 Å². The molecule has 3 nitrogen and oxygen atoms in total. The van der Waals surface area contributed by atoms with Crippen LogP contribution in [0.1, 0.15) is 11.1 Å². The zero-order chi connectivity index (χ0) is 13.5. The topological polar surface area (TPSA) is 21.7 Å². The number of nitrogens with zero attached hydrogens (tertiary/aromatic N) is 1. The van der Waals surface area contributed by atoms with Gasteiger partial charge in [0.2, 0.25) is 0 Å². The molecule has 0 N–H and O–H groups in total. The zero-order valence-electron chi connectivity index (χ0n) is 11.7. The second-order valence-electron chi connectivity index (χ2n) is 4.86. The number of hydrogen-bond acceptors (Lipinski definition) is 3. The molecule has 0 saturated carbocycles. The van der Waals surface area contributed by atoms with Crippen LogP contribution < -0.4 is 4.74 Å². The first-order chi connectivity index (χ1) is 9.31. The molecule has 1 fully saturated rings. The lowest BCUT2D eigenvalue weighted by Crippen LogP contribution is -2.38. The number of allylic oxidation sites excluding steroid dienone is 1. The molecule has 0 bridgehead atoms. The summed E-state index contributed by atoms with van der Waals surface area (Å²) in [4.78, 5) is 2.38. The van der Waals surface area contributed by atoms with Crippen LogP contribution in [-0.2, 0) is 11.2 Å². The Hall–Kier alpha value is -1.32. The predicted molar refractivity (Wildman–Crippen MR) is 77.8 cm³/mol. The summed E-state index contributed by atoms with van der Waals surface area (Å²) < 4.78 is 11.3. The minimum atomic E-state index is 0.731. The van der Waals surface area contributed by atoms with Gasteiger partial charge in [-0.3, -0.25) is 4.90 Å². The maximum Gasteiger partial charge on any atom is 0.125 e. The summed E-state index contributed by atoms with van der Waals surface area (Å²) in [6, 6.07) is 6.28. The lowest BCUT2D eigenvalue weighted by molar-refractivity contribution is 0.0321. The van der Waals surface area contributed by atoms with Crippen LogP contribution in [0.3, 0.4) is 0 Å². The number of aryl methyl sites for hydroxylation is 1. The van der Waals surface area contributed by atoms with Crippen molar-refractivity contribution in [3.63, 3.8) is 0 Å². The van der Waals surface area contributed by atoms with Gasteiger partial charge < -0.3 is 9.47 Å². The molecule has 1 aliphatic heterocycles. The van der Waals surface area contributed by atoms with Gasteiger partial charge in [-0.25, -0.2) is 0 Å². The molecule has 0 radical (unpaired) electrons. The van der Waals surface area contributed by atoms with Crippen LogP contribution in [0.25, 0.3) is 0 Å². The average Bonchev–Trinajstić information content (AvgIpc) is 2.43. The van der Waals surface area contributed by atoms with E-state index in [1.807, 2.05) is 6.08 Å². The largest absolute Gasteiger partial charge is 0.492 e. The first kappa shape index (κ1) is 14.1. The van der Waals surface area contributed by atoms with Crippen LogP contribution >= 0.6 is 0 Å². The third-order valence-electron chi connectivity index (χ3n) is 3.42. The Morgan fingerprint density at radius 1 is 1.37 bits per heavy atom. The molecule has 1 aliphatic rings. The van der Waals surface area contributed by atoms with E-state index in [0.717, 1.165) is 51.6 Å². The molecule has 1 aromatic carbocycles. The molecular weight excluding hydrogens is 238 g/mol. The van der Waals surface area contributed by atoms with E-state index in [1.54, 1.807) is 0 Å². The van der Waals surface area contributed by atoms with E-state index in [1.165, 1.54) is 11.1 Å². The van der Waals surface area contributed by atoms with Gasteiger partial charge in [0.25, 0.3) is 0 Å². The Kier molecular flexibility index (Phi) is 5.43.